The molecule has 100 valence electrons. The van der Waals surface area contributed by atoms with Crippen molar-refractivity contribution in [3.05, 3.63) is 29.8 Å². The number of aliphatic hydroxyl groups excluding tert-OH is 1. The zero-order valence-corrected chi connectivity index (χ0v) is 11.0. The van der Waals surface area contributed by atoms with E-state index in [0.29, 0.717) is 0 Å². The van der Waals surface area contributed by atoms with Crippen LogP contribution >= 0.6 is 0 Å². The van der Waals surface area contributed by atoms with Crippen LogP contribution in [0.2, 0.25) is 0 Å². The Morgan fingerprint density at radius 2 is 2.22 bits per heavy atom. The average Bonchev–Trinajstić information content (AvgIpc) is 2.34. The summed E-state index contributed by atoms with van der Waals surface area (Å²) in [5.41, 5.74) is 1.87. The number of amides is 1. The molecule has 0 aliphatic carbocycles. The molecule has 0 fully saturated rings. The first kappa shape index (κ1) is 14.7. The van der Waals surface area contributed by atoms with Gasteiger partial charge in [-0.05, 0) is 44.4 Å². The highest BCUT2D eigenvalue weighted by atomic mass is 16.5. The second-order valence-electron chi connectivity index (χ2n) is 4.44. The first-order valence-electron chi connectivity index (χ1n) is 6.23. The summed E-state index contributed by atoms with van der Waals surface area (Å²) in [5, 5.41) is 11.6. The van der Waals surface area contributed by atoms with Crippen LogP contribution in [0.1, 0.15) is 25.8 Å². The van der Waals surface area contributed by atoms with E-state index in [2.05, 4.69) is 5.32 Å². The van der Waals surface area contributed by atoms with Gasteiger partial charge in [-0.1, -0.05) is 12.1 Å². The van der Waals surface area contributed by atoms with Crippen LogP contribution in [0.5, 0.6) is 0 Å². The molecule has 0 saturated heterocycles. The van der Waals surface area contributed by atoms with Crippen molar-refractivity contribution in [2.75, 3.05) is 18.5 Å². The fraction of sp³-hybridized carbons (Fsp3) is 0.500. The molecule has 0 atom stereocenters. The van der Waals surface area contributed by atoms with Crippen molar-refractivity contribution in [1.82, 2.24) is 0 Å². The SMILES string of the molecule is CC(C)OCC(=O)Nc1cccc(CCCO)c1. The predicted octanol–water partition coefficient (Wildman–Crippen LogP) is 1.97. The maximum atomic E-state index is 11.6. The average molecular weight is 251 g/mol. The number of hydrogen-bond donors (Lipinski definition) is 2. The van der Waals surface area contributed by atoms with Crippen LogP contribution in [0.25, 0.3) is 0 Å². The highest BCUT2D eigenvalue weighted by Gasteiger charge is 2.04. The molecule has 1 aromatic rings. The molecular formula is C14H21NO3. The van der Waals surface area contributed by atoms with E-state index < -0.39 is 0 Å². The standard InChI is InChI=1S/C14H21NO3/c1-11(2)18-10-14(17)15-13-7-3-5-12(9-13)6-4-8-16/h3,5,7,9,11,16H,4,6,8,10H2,1-2H3,(H,15,17). The van der Waals surface area contributed by atoms with Gasteiger partial charge in [0.15, 0.2) is 0 Å². The first-order chi connectivity index (χ1) is 8.61. The summed E-state index contributed by atoms with van der Waals surface area (Å²) in [6, 6.07) is 7.64. The lowest BCUT2D eigenvalue weighted by atomic mass is 10.1. The van der Waals surface area contributed by atoms with Gasteiger partial charge in [0.25, 0.3) is 0 Å². The van der Waals surface area contributed by atoms with Gasteiger partial charge in [0.05, 0.1) is 6.10 Å². The fourth-order valence-corrected chi connectivity index (χ4v) is 1.53. The van der Waals surface area contributed by atoms with Gasteiger partial charge in [0, 0.05) is 12.3 Å². The summed E-state index contributed by atoms with van der Waals surface area (Å²) < 4.78 is 5.23. The minimum Gasteiger partial charge on any atom is -0.396 e. The van der Waals surface area contributed by atoms with Crippen LogP contribution in [0, 0.1) is 0 Å². The number of hydrogen-bond acceptors (Lipinski definition) is 3. The molecule has 2 N–H and O–H groups in total. The maximum Gasteiger partial charge on any atom is 0.250 e. The van der Waals surface area contributed by atoms with Crippen LogP contribution in [-0.4, -0.2) is 30.3 Å². The lowest BCUT2D eigenvalue weighted by molar-refractivity contribution is -0.121. The van der Waals surface area contributed by atoms with Gasteiger partial charge in [0.2, 0.25) is 5.91 Å². The predicted molar refractivity (Wildman–Crippen MR) is 71.6 cm³/mol. The summed E-state index contributed by atoms with van der Waals surface area (Å²) in [7, 11) is 0. The molecule has 0 aliphatic heterocycles. The van der Waals surface area contributed by atoms with Crippen LogP contribution < -0.4 is 5.32 Å². The minimum absolute atomic E-state index is 0.0478. The summed E-state index contributed by atoms with van der Waals surface area (Å²) in [4.78, 5) is 11.6. The summed E-state index contributed by atoms with van der Waals surface area (Å²) in [6.45, 7) is 4.03. The van der Waals surface area contributed by atoms with E-state index in [-0.39, 0.29) is 25.2 Å². The van der Waals surface area contributed by atoms with E-state index in [4.69, 9.17) is 9.84 Å². The maximum absolute atomic E-state index is 11.6. The number of carbonyl (C=O) groups is 1. The van der Waals surface area contributed by atoms with E-state index in [9.17, 15) is 4.79 Å². The zero-order chi connectivity index (χ0) is 13.4. The van der Waals surface area contributed by atoms with Gasteiger partial charge >= 0.3 is 0 Å². The van der Waals surface area contributed by atoms with Gasteiger partial charge in [0.1, 0.15) is 6.61 Å². The third kappa shape index (κ3) is 5.80. The van der Waals surface area contributed by atoms with Crippen molar-refractivity contribution in [3.63, 3.8) is 0 Å². The number of nitrogens with one attached hydrogen (secondary N) is 1. The molecule has 0 aliphatic rings. The van der Waals surface area contributed by atoms with Gasteiger partial charge in [-0.15, -0.1) is 0 Å². The number of rotatable bonds is 7. The summed E-state index contributed by atoms with van der Waals surface area (Å²) >= 11 is 0. The van der Waals surface area contributed by atoms with Crippen molar-refractivity contribution < 1.29 is 14.6 Å². The molecule has 0 spiro atoms. The van der Waals surface area contributed by atoms with Gasteiger partial charge in [-0.2, -0.15) is 0 Å². The third-order valence-corrected chi connectivity index (χ3v) is 2.38. The molecule has 0 bridgehead atoms. The second kappa shape index (κ2) is 7.84. The third-order valence-electron chi connectivity index (χ3n) is 2.38. The summed E-state index contributed by atoms with van der Waals surface area (Å²) in [5.74, 6) is -0.150. The molecule has 0 heterocycles. The number of aliphatic hydroxyl groups is 1. The normalized spacial score (nSPS) is 10.7. The number of carbonyl (C=O) groups excluding carboxylic acids is 1. The molecule has 1 aromatic carbocycles. The largest absolute Gasteiger partial charge is 0.396 e. The van der Waals surface area contributed by atoms with Crippen molar-refractivity contribution >= 4 is 11.6 Å². The number of benzene rings is 1. The lowest BCUT2D eigenvalue weighted by Crippen LogP contribution is -2.20. The smallest absolute Gasteiger partial charge is 0.250 e. The van der Waals surface area contributed by atoms with E-state index in [1.165, 1.54) is 0 Å². The molecular weight excluding hydrogens is 230 g/mol. The van der Waals surface area contributed by atoms with Crippen molar-refractivity contribution in [3.8, 4) is 0 Å². The molecule has 1 rings (SSSR count). The van der Waals surface area contributed by atoms with Crippen LogP contribution in [0.3, 0.4) is 0 Å². The van der Waals surface area contributed by atoms with Crippen molar-refractivity contribution in [2.24, 2.45) is 0 Å². The Balaban J connectivity index is 2.48. The molecule has 1 amide bonds. The van der Waals surface area contributed by atoms with Crippen LogP contribution in [0.4, 0.5) is 5.69 Å². The van der Waals surface area contributed by atoms with Crippen molar-refractivity contribution in [1.29, 1.82) is 0 Å². The topological polar surface area (TPSA) is 58.6 Å². The Morgan fingerprint density at radius 1 is 1.44 bits per heavy atom. The molecule has 0 aromatic heterocycles. The molecule has 0 unspecified atom stereocenters. The van der Waals surface area contributed by atoms with E-state index >= 15 is 0 Å². The molecule has 4 nitrogen and oxygen atoms in total. The first-order valence-corrected chi connectivity index (χ1v) is 6.23. The Labute approximate surface area is 108 Å². The second-order valence-corrected chi connectivity index (χ2v) is 4.44. The molecule has 18 heavy (non-hydrogen) atoms. The Hall–Kier alpha value is -1.39. The zero-order valence-electron chi connectivity index (χ0n) is 11.0. The molecule has 4 heteroatoms. The van der Waals surface area contributed by atoms with E-state index in [1.54, 1.807) is 0 Å². The van der Waals surface area contributed by atoms with E-state index in [0.717, 1.165) is 24.1 Å². The highest BCUT2D eigenvalue weighted by molar-refractivity contribution is 5.91. The minimum atomic E-state index is -0.150. The molecule has 0 saturated carbocycles. The molecule has 0 radical (unpaired) electrons. The Kier molecular flexibility index (Phi) is 6.39. The quantitative estimate of drug-likeness (QED) is 0.779. The van der Waals surface area contributed by atoms with Crippen LogP contribution in [-0.2, 0) is 16.0 Å². The van der Waals surface area contributed by atoms with Crippen LogP contribution in [0.15, 0.2) is 24.3 Å². The monoisotopic (exact) mass is 251 g/mol. The highest BCUT2D eigenvalue weighted by Crippen LogP contribution is 2.12. The Morgan fingerprint density at radius 3 is 2.89 bits per heavy atom. The number of ether oxygens (including phenoxy) is 1. The summed E-state index contributed by atoms with van der Waals surface area (Å²) in [6.07, 6.45) is 1.59. The fourth-order valence-electron chi connectivity index (χ4n) is 1.53. The lowest BCUT2D eigenvalue weighted by Gasteiger charge is -2.09. The Bertz CT molecular complexity index is 377. The van der Waals surface area contributed by atoms with Crippen molar-refractivity contribution in [2.45, 2.75) is 32.8 Å². The van der Waals surface area contributed by atoms with Gasteiger partial charge in [-0.25, -0.2) is 0 Å². The van der Waals surface area contributed by atoms with Gasteiger partial charge in [-0.3, -0.25) is 4.79 Å². The number of aryl methyl sites for hydroxylation is 1. The van der Waals surface area contributed by atoms with Gasteiger partial charge < -0.3 is 15.2 Å². The number of anilines is 1. The van der Waals surface area contributed by atoms with E-state index in [1.807, 2.05) is 38.1 Å².